The molecule has 1 aromatic carbocycles. The fraction of sp³-hybridized carbons (Fsp3) is 0.111. The van der Waals surface area contributed by atoms with Crippen molar-refractivity contribution < 1.29 is 0 Å². The molecule has 0 radical (unpaired) electrons. The quantitative estimate of drug-likeness (QED) is 0.706. The molecule has 0 bridgehead atoms. The molecule has 1 N–H and O–H groups in total. The molecular formula is C9H9N3. The van der Waals surface area contributed by atoms with Crippen LogP contribution < -0.4 is 5.32 Å². The minimum atomic E-state index is 0.690. The summed E-state index contributed by atoms with van der Waals surface area (Å²) in [4.78, 5) is 0. The van der Waals surface area contributed by atoms with Crippen LogP contribution in [0.3, 0.4) is 0 Å². The van der Waals surface area contributed by atoms with Crippen molar-refractivity contribution in [1.29, 1.82) is 0 Å². The Kier molecular flexibility index (Phi) is 1.86. The van der Waals surface area contributed by atoms with E-state index in [0.29, 0.717) is 6.54 Å². The molecule has 0 spiro atoms. The fourth-order valence-corrected chi connectivity index (χ4v) is 1.03. The van der Waals surface area contributed by atoms with Crippen molar-refractivity contribution in [3.8, 4) is 0 Å². The van der Waals surface area contributed by atoms with Gasteiger partial charge in [0, 0.05) is 5.69 Å². The summed E-state index contributed by atoms with van der Waals surface area (Å²) < 4.78 is 0. The molecule has 3 nitrogen and oxygen atoms in total. The standard InChI is InChI=1S/C9H9N3/c1-2-4-8(5-3-1)11-9-6-7-10-12-9/h1-6,11H,7H2. The van der Waals surface area contributed by atoms with E-state index in [4.69, 9.17) is 0 Å². The summed E-state index contributed by atoms with van der Waals surface area (Å²) in [5.74, 6) is 0.834. The Hall–Kier alpha value is -1.64. The van der Waals surface area contributed by atoms with E-state index in [9.17, 15) is 0 Å². The maximum atomic E-state index is 3.91. The second-order valence-corrected chi connectivity index (χ2v) is 2.50. The van der Waals surface area contributed by atoms with Crippen LogP contribution in [0.5, 0.6) is 0 Å². The first-order valence-electron chi connectivity index (χ1n) is 3.85. The Morgan fingerprint density at radius 3 is 2.67 bits per heavy atom. The predicted molar refractivity (Wildman–Crippen MR) is 47.9 cm³/mol. The Balaban J connectivity index is 2.09. The van der Waals surface area contributed by atoms with Crippen molar-refractivity contribution in [1.82, 2.24) is 0 Å². The van der Waals surface area contributed by atoms with E-state index in [2.05, 4.69) is 15.5 Å². The lowest BCUT2D eigenvalue weighted by molar-refractivity contribution is 1.11. The number of nitrogens with zero attached hydrogens (tertiary/aromatic N) is 2. The molecule has 1 aromatic rings. The van der Waals surface area contributed by atoms with E-state index in [1.165, 1.54) is 0 Å². The monoisotopic (exact) mass is 159 g/mol. The molecule has 0 saturated carbocycles. The minimum Gasteiger partial charge on any atom is -0.339 e. The van der Waals surface area contributed by atoms with Gasteiger partial charge in [-0.2, -0.15) is 5.11 Å². The van der Waals surface area contributed by atoms with Crippen molar-refractivity contribution in [2.45, 2.75) is 0 Å². The molecule has 60 valence electrons. The van der Waals surface area contributed by atoms with Crippen molar-refractivity contribution in [3.05, 3.63) is 42.2 Å². The third-order valence-corrected chi connectivity index (χ3v) is 1.59. The Morgan fingerprint density at radius 2 is 2.00 bits per heavy atom. The number of hydrogen-bond donors (Lipinski definition) is 1. The van der Waals surface area contributed by atoms with E-state index < -0.39 is 0 Å². The normalized spacial score (nSPS) is 14.5. The first-order valence-corrected chi connectivity index (χ1v) is 3.85. The van der Waals surface area contributed by atoms with Crippen LogP contribution in [-0.2, 0) is 0 Å². The van der Waals surface area contributed by atoms with Crippen LogP contribution in [0.25, 0.3) is 0 Å². The highest BCUT2D eigenvalue weighted by atomic mass is 15.2. The number of nitrogens with one attached hydrogen (secondary N) is 1. The van der Waals surface area contributed by atoms with Gasteiger partial charge in [-0.3, -0.25) is 0 Å². The second-order valence-electron chi connectivity index (χ2n) is 2.50. The number of azo groups is 1. The topological polar surface area (TPSA) is 36.8 Å². The zero-order valence-corrected chi connectivity index (χ0v) is 6.57. The average Bonchev–Trinajstić information content (AvgIpc) is 2.59. The lowest BCUT2D eigenvalue weighted by Crippen LogP contribution is -1.93. The molecule has 0 amide bonds. The third kappa shape index (κ3) is 1.50. The largest absolute Gasteiger partial charge is 0.339 e. The molecule has 0 unspecified atom stereocenters. The van der Waals surface area contributed by atoms with Crippen LogP contribution in [-0.4, -0.2) is 6.54 Å². The smallest absolute Gasteiger partial charge is 0.150 e. The van der Waals surface area contributed by atoms with E-state index in [1.54, 1.807) is 0 Å². The van der Waals surface area contributed by atoms with Gasteiger partial charge in [-0.1, -0.05) is 18.2 Å². The Labute approximate surface area is 70.8 Å². The predicted octanol–water partition coefficient (Wildman–Crippen LogP) is 2.41. The van der Waals surface area contributed by atoms with Crippen molar-refractivity contribution in [2.75, 3.05) is 11.9 Å². The SMILES string of the molecule is C1=C(Nc2ccccc2)N=NC1. The van der Waals surface area contributed by atoms with Crippen LogP contribution in [0, 0.1) is 0 Å². The number of hydrogen-bond acceptors (Lipinski definition) is 3. The third-order valence-electron chi connectivity index (χ3n) is 1.59. The number of para-hydroxylation sites is 1. The van der Waals surface area contributed by atoms with E-state index in [0.717, 1.165) is 11.5 Å². The van der Waals surface area contributed by atoms with E-state index in [1.807, 2.05) is 36.4 Å². The van der Waals surface area contributed by atoms with Gasteiger partial charge in [0.2, 0.25) is 0 Å². The summed E-state index contributed by atoms with van der Waals surface area (Å²) in [7, 11) is 0. The lowest BCUT2D eigenvalue weighted by atomic mass is 10.3. The first-order chi connectivity index (χ1) is 5.95. The van der Waals surface area contributed by atoms with Crippen LogP contribution in [0.4, 0.5) is 5.69 Å². The van der Waals surface area contributed by atoms with Crippen LogP contribution in [0.15, 0.2) is 52.5 Å². The average molecular weight is 159 g/mol. The molecule has 2 rings (SSSR count). The number of benzene rings is 1. The van der Waals surface area contributed by atoms with Gasteiger partial charge in [-0.15, -0.1) is 5.11 Å². The second kappa shape index (κ2) is 3.17. The Morgan fingerprint density at radius 1 is 1.17 bits per heavy atom. The molecule has 0 aromatic heterocycles. The van der Waals surface area contributed by atoms with Gasteiger partial charge in [0.05, 0.1) is 6.54 Å². The fourth-order valence-electron chi connectivity index (χ4n) is 1.03. The molecule has 0 atom stereocenters. The molecule has 0 fully saturated rings. The molecule has 3 heteroatoms. The van der Waals surface area contributed by atoms with Crippen LogP contribution in [0.2, 0.25) is 0 Å². The Bertz CT molecular complexity index is 314. The number of rotatable bonds is 2. The van der Waals surface area contributed by atoms with Crippen molar-refractivity contribution in [3.63, 3.8) is 0 Å². The zero-order chi connectivity index (χ0) is 8.23. The molecule has 0 saturated heterocycles. The van der Waals surface area contributed by atoms with Gasteiger partial charge in [0.25, 0.3) is 0 Å². The van der Waals surface area contributed by atoms with Gasteiger partial charge in [-0.05, 0) is 18.2 Å². The maximum absolute atomic E-state index is 3.91. The first kappa shape index (κ1) is 7.03. The summed E-state index contributed by atoms with van der Waals surface area (Å²) >= 11 is 0. The highest BCUT2D eigenvalue weighted by Gasteiger charge is 1.98. The maximum Gasteiger partial charge on any atom is 0.150 e. The summed E-state index contributed by atoms with van der Waals surface area (Å²) in [5, 5.41) is 10.9. The molecular weight excluding hydrogens is 150 g/mol. The van der Waals surface area contributed by atoms with Gasteiger partial charge >= 0.3 is 0 Å². The summed E-state index contributed by atoms with van der Waals surface area (Å²) in [6.45, 7) is 0.690. The van der Waals surface area contributed by atoms with E-state index in [-0.39, 0.29) is 0 Å². The lowest BCUT2D eigenvalue weighted by Gasteiger charge is -2.01. The van der Waals surface area contributed by atoms with Crippen molar-refractivity contribution in [2.24, 2.45) is 10.2 Å². The molecule has 1 aliphatic rings. The van der Waals surface area contributed by atoms with Crippen LogP contribution >= 0.6 is 0 Å². The number of anilines is 1. The van der Waals surface area contributed by atoms with Crippen molar-refractivity contribution >= 4 is 5.69 Å². The highest BCUT2D eigenvalue weighted by Crippen LogP contribution is 2.12. The zero-order valence-electron chi connectivity index (χ0n) is 6.57. The molecule has 1 aliphatic heterocycles. The highest BCUT2D eigenvalue weighted by molar-refractivity contribution is 5.47. The van der Waals surface area contributed by atoms with Gasteiger partial charge in [0.15, 0.2) is 0 Å². The molecule has 1 heterocycles. The molecule has 12 heavy (non-hydrogen) atoms. The van der Waals surface area contributed by atoms with Gasteiger partial charge in [0.1, 0.15) is 5.82 Å². The minimum absolute atomic E-state index is 0.690. The molecule has 0 aliphatic carbocycles. The summed E-state index contributed by atoms with van der Waals surface area (Å²) in [6.07, 6.45) is 1.95. The van der Waals surface area contributed by atoms with Crippen LogP contribution in [0.1, 0.15) is 0 Å². The summed E-state index contributed by atoms with van der Waals surface area (Å²) in [5.41, 5.74) is 1.05. The summed E-state index contributed by atoms with van der Waals surface area (Å²) in [6, 6.07) is 9.93. The van der Waals surface area contributed by atoms with E-state index >= 15 is 0 Å². The van der Waals surface area contributed by atoms with Gasteiger partial charge in [-0.25, -0.2) is 0 Å². The van der Waals surface area contributed by atoms with Gasteiger partial charge < -0.3 is 5.32 Å².